The standard InChI is InChI=1S/C14H22N2O4S/c1-10(16(5)13(17)20-14(2,3)4)11-6-8-12(9-7-11)21(15,18)19/h6-10H,1-5H3,(H2,15,18,19). The molecule has 0 saturated heterocycles. The summed E-state index contributed by atoms with van der Waals surface area (Å²) in [6.45, 7) is 7.22. The van der Waals surface area contributed by atoms with E-state index < -0.39 is 21.7 Å². The number of hydrogen-bond acceptors (Lipinski definition) is 4. The van der Waals surface area contributed by atoms with E-state index in [1.54, 1.807) is 40.0 Å². The highest BCUT2D eigenvalue weighted by atomic mass is 32.2. The van der Waals surface area contributed by atoms with E-state index in [9.17, 15) is 13.2 Å². The lowest BCUT2D eigenvalue weighted by Crippen LogP contribution is -2.35. The number of carbonyl (C=O) groups excluding carboxylic acids is 1. The topological polar surface area (TPSA) is 89.7 Å². The fraction of sp³-hybridized carbons (Fsp3) is 0.500. The van der Waals surface area contributed by atoms with Gasteiger partial charge in [-0.05, 0) is 45.4 Å². The first-order valence-corrected chi connectivity index (χ1v) is 8.05. The third-order valence-electron chi connectivity index (χ3n) is 2.95. The second-order valence-electron chi connectivity index (χ2n) is 5.88. The number of hydrogen-bond donors (Lipinski definition) is 1. The SMILES string of the molecule is CC(c1ccc(S(N)(=O)=O)cc1)N(C)C(=O)OC(C)(C)C. The van der Waals surface area contributed by atoms with E-state index in [0.29, 0.717) is 0 Å². The summed E-state index contributed by atoms with van der Waals surface area (Å²) in [4.78, 5) is 13.5. The summed E-state index contributed by atoms with van der Waals surface area (Å²) in [6.07, 6.45) is -0.439. The summed E-state index contributed by atoms with van der Waals surface area (Å²) < 4.78 is 27.7. The molecule has 1 aromatic carbocycles. The molecule has 0 heterocycles. The van der Waals surface area contributed by atoms with Crippen molar-refractivity contribution in [3.8, 4) is 0 Å². The van der Waals surface area contributed by atoms with Crippen molar-refractivity contribution in [2.45, 2.75) is 44.2 Å². The van der Waals surface area contributed by atoms with Crippen LogP contribution in [0.1, 0.15) is 39.3 Å². The summed E-state index contributed by atoms with van der Waals surface area (Å²) in [5.41, 5.74) is 0.221. The monoisotopic (exact) mass is 314 g/mol. The molecule has 0 aliphatic carbocycles. The number of benzene rings is 1. The van der Waals surface area contributed by atoms with Gasteiger partial charge in [0.05, 0.1) is 10.9 Å². The zero-order valence-corrected chi connectivity index (χ0v) is 13.8. The molecular weight excluding hydrogens is 292 g/mol. The van der Waals surface area contributed by atoms with Gasteiger partial charge in [0, 0.05) is 7.05 Å². The van der Waals surface area contributed by atoms with E-state index in [1.807, 2.05) is 6.92 Å². The number of nitrogens with two attached hydrogens (primary N) is 1. The van der Waals surface area contributed by atoms with Gasteiger partial charge in [-0.1, -0.05) is 12.1 Å². The van der Waals surface area contributed by atoms with Crippen molar-refractivity contribution in [1.29, 1.82) is 0 Å². The highest BCUT2D eigenvalue weighted by molar-refractivity contribution is 7.89. The maximum Gasteiger partial charge on any atom is 0.410 e. The van der Waals surface area contributed by atoms with Crippen molar-refractivity contribution in [2.24, 2.45) is 5.14 Å². The van der Waals surface area contributed by atoms with Crippen LogP contribution in [0.25, 0.3) is 0 Å². The molecule has 0 fully saturated rings. The quantitative estimate of drug-likeness (QED) is 0.926. The summed E-state index contributed by atoms with van der Waals surface area (Å²) >= 11 is 0. The first-order chi connectivity index (χ1) is 9.42. The number of ether oxygens (including phenoxy) is 1. The fourth-order valence-corrected chi connectivity index (χ4v) is 2.17. The second kappa shape index (κ2) is 6.03. The van der Waals surface area contributed by atoms with Crippen LogP contribution in [0.2, 0.25) is 0 Å². The molecule has 0 aliphatic rings. The normalized spacial score (nSPS) is 13.6. The molecule has 1 rings (SSSR count). The number of primary sulfonamides is 1. The predicted molar refractivity (Wildman–Crippen MR) is 80.2 cm³/mol. The molecule has 2 N–H and O–H groups in total. The highest BCUT2D eigenvalue weighted by Gasteiger charge is 2.23. The molecule has 7 heteroatoms. The molecule has 1 aromatic rings. The van der Waals surface area contributed by atoms with Gasteiger partial charge in [0.2, 0.25) is 10.0 Å². The lowest BCUT2D eigenvalue weighted by molar-refractivity contribution is 0.0234. The molecule has 0 aliphatic heterocycles. The Kier molecular flexibility index (Phi) is 5.01. The van der Waals surface area contributed by atoms with E-state index in [-0.39, 0.29) is 10.9 Å². The second-order valence-corrected chi connectivity index (χ2v) is 7.44. The van der Waals surface area contributed by atoms with Crippen LogP contribution in [0.4, 0.5) is 4.79 Å². The molecule has 0 saturated carbocycles. The Bertz CT molecular complexity index is 603. The van der Waals surface area contributed by atoms with Gasteiger partial charge < -0.3 is 9.64 Å². The molecular formula is C14H22N2O4S. The van der Waals surface area contributed by atoms with Gasteiger partial charge >= 0.3 is 6.09 Å². The number of amides is 1. The molecule has 0 aromatic heterocycles. The highest BCUT2D eigenvalue weighted by Crippen LogP contribution is 2.22. The minimum Gasteiger partial charge on any atom is -0.444 e. The summed E-state index contributed by atoms with van der Waals surface area (Å²) in [7, 11) is -2.08. The first kappa shape index (κ1) is 17.5. The maximum atomic E-state index is 12.0. The lowest BCUT2D eigenvalue weighted by Gasteiger charge is -2.29. The zero-order chi connectivity index (χ0) is 16.4. The molecule has 1 amide bonds. The predicted octanol–water partition coefficient (Wildman–Crippen LogP) is 2.26. The Morgan fingerprint density at radius 1 is 1.24 bits per heavy atom. The van der Waals surface area contributed by atoms with Gasteiger partial charge in [0.15, 0.2) is 0 Å². The molecule has 21 heavy (non-hydrogen) atoms. The van der Waals surface area contributed by atoms with Crippen LogP contribution >= 0.6 is 0 Å². The van der Waals surface area contributed by atoms with E-state index in [4.69, 9.17) is 9.88 Å². The van der Waals surface area contributed by atoms with Crippen molar-refractivity contribution in [2.75, 3.05) is 7.05 Å². The van der Waals surface area contributed by atoms with Crippen molar-refractivity contribution < 1.29 is 17.9 Å². The van der Waals surface area contributed by atoms with Crippen molar-refractivity contribution >= 4 is 16.1 Å². The number of rotatable bonds is 3. The first-order valence-electron chi connectivity index (χ1n) is 6.50. The Morgan fingerprint density at radius 3 is 2.10 bits per heavy atom. The molecule has 1 atom stereocenters. The molecule has 1 unspecified atom stereocenters. The van der Waals surface area contributed by atoms with Gasteiger partial charge in [-0.15, -0.1) is 0 Å². The van der Waals surface area contributed by atoms with Gasteiger partial charge in [-0.3, -0.25) is 0 Å². The smallest absolute Gasteiger partial charge is 0.410 e. The van der Waals surface area contributed by atoms with Gasteiger partial charge in [-0.2, -0.15) is 0 Å². The Morgan fingerprint density at radius 2 is 1.71 bits per heavy atom. The van der Waals surface area contributed by atoms with Crippen LogP contribution in [0.5, 0.6) is 0 Å². The van der Waals surface area contributed by atoms with Crippen LogP contribution in [-0.2, 0) is 14.8 Å². The van der Waals surface area contributed by atoms with E-state index in [0.717, 1.165) is 5.56 Å². The summed E-state index contributed by atoms with van der Waals surface area (Å²) in [5, 5.41) is 5.05. The summed E-state index contributed by atoms with van der Waals surface area (Å²) in [6, 6.07) is 5.85. The average Bonchev–Trinajstić information content (AvgIpc) is 2.34. The van der Waals surface area contributed by atoms with Crippen molar-refractivity contribution in [1.82, 2.24) is 4.90 Å². The average molecular weight is 314 g/mol. The molecule has 0 spiro atoms. The van der Waals surface area contributed by atoms with E-state index in [1.165, 1.54) is 17.0 Å². The number of nitrogens with zero attached hydrogens (tertiary/aromatic N) is 1. The van der Waals surface area contributed by atoms with Crippen molar-refractivity contribution in [3.63, 3.8) is 0 Å². The van der Waals surface area contributed by atoms with Crippen LogP contribution in [0.15, 0.2) is 29.2 Å². The Hall–Kier alpha value is -1.60. The van der Waals surface area contributed by atoms with Gasteiger partial charge in [-0.25, -0.2) is 18.4 Å². The summed E-state index contributed by atoms with van der Waals surface area (Å²) in [5.74, 6) is 0. The molecule has 0 radical (unpaired) electrons. The zero-order valence-electron chi connectivity index (χ0n) is 13.0. The lowest BCUT2D eigenvalue weighted by atomic mass is 10.1. The van der Waals surface area contributed by atoms with E-state index >= 15 is 0 Å². The largest absolute Gasteiger partial charge is 0.444 e. The third kappa shape index (κ3) is 5.02. The molecule has 6 nitrogen and oxygen atoms in total. The van der Waals surface area contributed by atoms with Crippen LogP contribution in [-0.4, -0.2) is 32.1 Å². The fourth-order valence-electron chi connectivity index (χ4n) is 1.65. The van der Waals surface area contributed by atoms with Crippen LogP contribution in [0.3, 0.4) is 0 Å². The molecule has 0 bridgehead atoms. The van der Waals surface area contributed by atoms with Crippen LogP contribution < -0.4 is 5.14 Å². The Labute approximate surface area is 125 Å². The Balaban J connectivity index is 2.88. The van der Waals surface area contributed by atoms with Crippen LogP contribution in [0, 0.1) is 0 Å². The van der Waals surface area contributed by atoms with Gasteiger partial charge in [0.1, 0.15) is 5.60 Å². The number of sulfonamides is 1. The molecule has 118 valence electrons. The maximum absolute atomic E-state index is 12.0. The minimum atomic E-state index is -3.71. The number of carbonyl (C=O) groups is 1. The van der Waals surface area contributed by atoms with E-state index in [2.05, 4.69) is 0 Å². The van der Waals surface area contributed by atoms with Crippen molar-refractivity contribution in [3.05, 3.63) is 29.8 Å². The van der Waals surface area contributed by atoms with Gasteiger partial charge in [0.25, 0.3) is 0 Å². The minimum absolute atomic E-state index is 0.0402. The third-order valence-corrected chi connectivity index (χ3v) is 3.88.